The Morgan fingerprint density at radius 3 is 2.50 bits per heavy atom. The molecule has 2 heterocycles. The van der Waals surface area contributed by atoms with Crippen molar-refractivity contribution in [3.05, 3.63) is 34.6 Å². The summed E-state index contributed by atoms with van der Waals surface area (Å²) in [4.78, 5) is 2.11. The maximum absolute atomic E-state index is 13.2. The third kappa shape index (κ3) is 3.41. The Balaban J connectivity index is 1.96. The minimum Gasteiger partial charge on any atom is -0.379 e. The molecule has 9 heteroatoms. The molecule has 0 amide bonds. The lowest BCUT2D eigenvalue weighted by Gasteiger charge is -2.26. The maximum Gasteiger partial charge on any atom is 0.416 e. The van der Waals surface area contributed by atoms with Crippen LogP contribution in [0.25, 0.3) is 5.69 Å². The quantitative estimate of drug-likeness (QED) is 0.856. The molecule has 0 unspecified atom stereocenters. The van der Waals surface area contributed by atoms with Crippen LogP contribution in [0.2, 0.25) is 0 Å². The number of ether oxygens (including phenoxy) is 1. The van der Waals surface area contributed by atoms with E-state index in [0.29, 0.717) is 36.8 Å². The van der Waals surface area contributed by atoms with Gasteiger partial charge in [-0.05, 0) is 41.5 Å². The van der Waals surface area contributed by atoms with Crippen LogP contribution in [0.3, 0.4) is 0 Å². The largest absolute Gasteiger partial charge is 0.416 e. The van der Waals surface area contributed by atoms with Gasteiger partial charge in [0.1, 0.15) is 0 Å². The van der Waals surface area contributed by atoms with Gasteiger partial charge in [-0.1, -0.05) is 6.07 Å². The van der Waals surface area contributed by atoms with Crippen molar-refractivity contribution >= 4 is 0 Å². The number of morpholine rings is 1. The second-order valence-electron chi connectivity index (χ2n) is 5.85. The molecule has 24 heavy (non-hydrogen) atoms. The summed E-state index contributed by atoms with van der Waals surface area (Å²) in [6.45, 7) is 6.41. The number of hydrogen-bond donors (Lipinski definition) is 0. The summed E-state index contributed by atoms with van der Waals surface area (Å²) in [7, 11) is 0. The van der Waals surface area contributed by atoms with Gasteiger partial charge in [0.25, 0.3) is 0 Å². The van der Waals surface area contributed by atoms with Crippen LogP contribution >= 0.6 is 0 Å². The fourth-order valence-electron chi connectivity index (χ4n) is 2.83. The molecule has 6 nitrogen and oxygen atoms in total. The molecule has 1 aromatic heterocycles. The van der Waals surface area contributed by atoms with E-state index >= 15 is 0 Å². The monoisotopic (exact) mass is 341 g/mol. The van der Waals surface area contributed by atoms with E-state index < -0.39 is 11.7 Å². The lowest BCUT2D eigenvalue weighted by atomic mass is 10.0. The van der Waals surface area contributed by atoms with Gasteiger partial charge < -0.3 is 4.74 Å². The minimum atomic E-state index is -4.41. The summed E-state index contributed by atoms with van der Waals surface area (Å²) in [6, 6.07) is 2.63. The van der Waals surface area contributed by atoms with Gasteiger partial charge in [0.2, 0.25) is 0 Å². The van der Waals surface area contributed by atoms with Gasteiger partial charge in [0, 0.05) is 13.1 Å². The van der Waals surface area contributed by atoms with Crippen molar-refractivity contribution in [2.45, 2.75) is 26.6 Å². The van der Waals surface area contributed by atoms with Gasteiger partial charge in [-0.15, -0.1) is 5.10 Å². The molecule has 1 aromatic carbocycles. The summed E-state index contributed by atoms with van der Waals surface area (Å²) in [5.74, 6) is 0.511. The highest BCUT2D eigenvalue weighted by Crippen LogP contribution is 2.34. The van der Waals surface area contributed by atoms with Crippen molar-refractivity contribution < 1.29 is 17.9 Å². The number of benzene rings is 1. The first-order chi connectivity index (χ1) is 11.4. The fraction of sp³-hybridized carbons (Fsp3) is 0.533. The molecule has 130 valence electrons. The van der Waals surface area contributed by atoms with Gasteiger partial charge in [-0.3, -0.25) is 4.90 Å². The molecular weight excluding hydrogens is 323 g/mol. The zero-order valence-corrected chi connectivity index (χ0v) is 13.5. The zero-order valence-electron chi connectivity index (χ0n) is 13.5. The van der Waals surface area contributed by atoms with Crippen molar-refractivity contribution in [1.82, 2.24) is 25.1 Å². The second-order valence-corrected chi connectivity index (χ2v) is 5.85. The van der Waals surface area contributed by atoms with Crippen LogP contribution in [0.5, 0.6) is 0 Å². The average molecular weight is 341 g/mol. The molecule has 1 saturated heterocycles. The first-order valence-electron chi connectivity index (χ1n) is 7.62. The summed E-state index contributed by atoms with van der Waals surface area (Å²) in [5, 5.41) is 11.5. The van der Waals surface area contributed by atoms with Crippen molar-refractivity contribution in [2.75, 3.05) is 26.3 Å². The van der Waals surface area contributed by atoms with E-state index in [-0.39, 0.29) is 5.56 Å². The second kappa shape index (κ2) is 6.48. The Kier molecular flexibility index (Phi) is 4.55. The van der Waals surface area contributed by atoms with Crippen LogP contribution in [-0.4, -0.2) is 51.4 Å². The molecule has 3 rings (SSSR count). The summed E-state index contributed by atoms with van der Waals surface area (Å²) >= 11 is 0. The molecule has 0 aliphatic carbocycles. The Morgan fingerprint density at radius 2 is 1.83 bits per heavy atom. The van der Waals surface area contributed by atoms with Gasteiger partial charge >= 0.3 is 6.18 Å². The van der Waals surface area contributed by atoms with E-state index in [9.17, 15) is 13.2 Å². The molecule has 1 aliphatic heterocycles. The molecular formula is C15H18F3N5O. The van der Waals surface area contributed by atoms with E-state index in [0.717, 1.165) is 19.2 Å². The molecule has 0 atom stereocenters. The Bertz CT molecular complexity index is 722. The average Bonchev–Trinajstić information content (AvgIpc) is 2.95. The van der Waals surface area contributed by atoms with Crippen LogP contribution in [-0.2, 0) is 17.5 Å². The number of aryl methyl sites for hydroxylation is 2. The van der Waals surface area contributed by atoms with Crippen LogP contribution in [0.4, 0.5) is 13.2 Å². The topological polar surface area (TPSA) is 56.1 Å². The smallest absolute Gasteiger partial charge is 0.379 e. The van der Waals surface area contributed by atoms with Crippen molar-refractivity contribution in [2.24, 2.45) is 0 Å². The number of aromatic nitrogens is 4. The predicted octanol–water partition coefficient (Wildman–Crippen LogP) is 2.13. The van der Waals surface area contributed by atoms with E-state index in [2.05, 4.69) is 20.4 Å². The van der Waals surface area contributed by atoms with E-state index in [1.54, 1.807) is 6.92 Å². The number of nitrogens with zero attached hydrogens (tertiary/aromatic N) is 5. The molecule has 1 aliphatic rings. The number of hydrogen-bond acceptors (Lipinski definition) is 5. The SMILES string of the molecule is Cc1cc(C)c(C(F)(F)F)cc1-n1nnnc1CN1CCOCC1. The molecule has 0 N–H and O–H groups in total. The number of tetrazole rings is 1. The standard InChI is InChI=1S/C15H18F3N5O/c1-10-7-11(2)13(8-12(10)15(16,17)18)23-14(19-20-21-23)9-22-3-5-24-6-4-22/h7-8H,3-6,9H2,1-2H3. The van der Waals surface area contributed by atoms with Gasteiger partial charge in [0.05, 0.1) is 31.0 Å². The van der Waals surface area contributed by atoms with Crippen LogP contribution < -0.4 is 0 Å². The third-order valence-corrected chi connectivity index (χ3v) is 4.08. The molecule has 0 saturated carbocycles. The molecule has 0 radical (unpaired) electrons. The molecule has 1 fully saturated rings. The van der Waals surface area contributed by atoms with Crippen molar-refractivity contribution in [3.63, 3.8) is 0 Å². The van der Waals surface area contributed by atoms with E-state index in [1.807, 2.05) is 0 Å². The lowest BCUT2D eigenvalue weighted by molar-refractivity contribution is -0.138. The van der Waals surface area contributed by atoms with Crippen LogP contribution in [0.1, 0.15) is 22.5 Å². The molecule has 0 bridgehead atoms. The Morgan fingerprint density at radius 1 is 1.12 bits per heavy atom. The van der Waals surface area contributed by atoms with Gasteiger partial charge in [0.15, 0.2) is 5.82 Å². The highest BCUT2D eigenvalue weighted by Gasteiger charge is 2.33. The highest BCUT2D eigenvalue weighted by atomic mass is 19.4. The van der Waals surface area contributed by atoms with Crippen molar-refractivity contribution in [1.29, 1.82) is 0 Å². The number of halogens is 3. The lowest BCUT2D eigenvalue weighted by Crippen LogP contribution is -2.36. The normalized spacial score (nSPS) is 16.5. The Labute approximate surface area is 137 Å². The van der Waals surface area contributed by atoms with Crippen LogP contribution in [0, 0.1) is 13.8 Å². The molecule has 2 aromatic rings. The first kappa shape index (κ1) is 16.8. The van der Waals surface area contributed by atoms with Crippen LogP contribution in [0.15, 0.2) is 12.1 Å². The summed E-state index contributed by atoms with van der Waals surface area (Å²) in [5.41, 5.74) is 0.555. The van der Waals surface area contributed by atoms with Crippen molar-refractivity contribution in [3.8, 4) is 5.69 Å². The predicted molar refractivity (Wildman–Crippen MR) is 79.7 cm³/mol. The van der Waals surface area contributed by atoms with E-state index in [4.69, 9.17) is 4.74 Å². The minimum absolute atomic E-state index is 0.187. The zero-order chi connectivity index (χ0) is 17.3. The summed E-state index contributed by atoms with van der Waals surface area (Å²) < 4.78 is 46.3. The molecule has 0 spiro atoms. The first-order valence-corrected chi connectivity index (χ1v) is 7.62. The number of alkyl halides is 3. The fourth-order valence-corrected chi connectivity index (χ4v) is 2.83. The maximum atomic E-state index is 13.2. The number of rotatable bonds is 3. The van der Waals surface area contributed by atoms with Gasteiger partial charge in [-0.2, -0.15) is 17.9 Å². The third-order valence-electron chi connectivity index (χ3n) is 4.08. The Hall–Kier alpha value is -2.00. The van der Waals surface area contributed by atoms with Gasteiger partial charge in [-0.25, -0.2) is 0 Å². The highest BCUT2D eigenvalue weighted by molar-refractivity contribution is 5.47. The summed E-state index contributed by atoms with van der Waals surface area (Å²) in [6.07, 6.45) is -4.41. The van der Waals surface area contributed by atoms with E-state index in [1.165, 1.54) is 17.7 Å².